The normalized spacial score (nSPS) is 16.8. The van der Waals surface area contributed by atoms with Crippen molar-refractivity contribution in [3.8, 4) is 0 Å². The maximum atomic E-state index is 11.7. The monoisotopic (exact) mass is 172 g/mol. The molecule has 0 aromatic heterocycles. The molecule has 0 aliphatic carbocycles. The SMILES string of the molecule is CC(N([O-])C(C)(C)C)C(C)(C)C. The smallest absolute Gasteiger partial charge is 0.000628 e. The lowest BCUT2D eigenvalue weighted by Crippen LogP contribution is -2.48. The first-order valence-corrected chi connectivity index (χ1v) is 4.53. The molecule has 0 rings (SSSR count). The van der Waals surface area contributed by atoms with Crippen molar-refractivity contribution in [3.63, 3.8) is 0 Å². The molecule has 0 heterocycles. The van der Waals surface area contributed by atoms with Crippen LogP contribution in [0.2, 0.25) is 0 Å². The van der Waals surface area contributed by atoms with Crippen molar-refractivity contribution >= 4 is 0 Å². The van der Waals surface area contributed by atoms with Gasteiger partial charge in [-0.1, -0.05) is 20.8 Å². The van der Waals surface area contributed by atoms with Gasteiger partial charge in [-0.25, -0.2) is 0 Å². The summed E-state index contributed by atoms with van der Waals surface area (Å²) in [6.45, 7) is 14.1. The molecule has 0 saturated heterocycles. The van der Waals surface area contributed by atoms with Crippen molar-refractivity contribution in [2.45, 2.75) is 60.0 Å². The van der Waals surface area contributed by atoms with Crippen molar-refractivity contribution in [2.24, 2.45) is 5.41 Å². The van der Waals surface area contributed by atoms with E-state index in [-0.39, 0.29) is 17.0 Å². The van der Waals surface area contributed by atoms with Gasteiger partial charge < -0.3 is 10.3 Å². The van der Waals surface area contributed by atoms with Crippen molar-refractivity contribution < 1.29 is 0 Å². The lowest BCUT2D eigenvalue weighted by Gasteiger charge is -2.50. The van der Waals surface area contributed by atoms with Crippen molar-refractivity contribution in [1.82, 2.24) is 5.06 Å². The molecule has 0 fully saturated rings. The van der Waals surface area contributed by atoms with Gasteiger partial charge in [0, 0.05) is 5.54 Å². The Kier molecular flexibility index (Phi) is 3.32. The highest BCUT2D eigenvalue weighted by Gasteiger charge is 2.26. The predicted molar refractivity (Wildman–Crippen MR) is 53.9 cm³/mol. The molecule has 0 aromatic carbocycles. The van der Waals surface area contributed by atoms with Gasteiger partial charge in [-0.3, -0.25) is 0 Å². The molecule has 0 radical (unpaired) electrons. The molecule has 0 aliphatic rings. The Labute approximate surface area is 76.5 Å². The van der Waals surface area contributed by atoms with Gasteiger partial charge >= 0.3 is 0 Å². The summed E-state index contributed by atoms with van der Waals surface area (Å²) in [7, 11) is 0. The van der Waals surface area contributed by atoms with E-state index < -0.39 is 0 Å². The molecule has 1 atom stereocenters. The van der Waals surface area contributed by atoms with Gasteiger partial charge in [0.2, 0.25) is 0 Å². The third-order valence-electron chi connectivity index (χ3n) is 2.27. The molecule has 2 heteroatoms. The Morgan fingerprint density at radius 3 is 1.42 bits per heavy atom. The molecule has 0 N–H and O–H groups in total. The van der Waals surface area contributed by atoms with Crippen LogP contribution in [0.4, 0.5) is 0 Å². The molecule has 0 amide bonds. The summed E-state index contributed by atoms with van der Waals surface area (Å²) in [6, 6.07) is 0.0532. The minimum absolute atomic E-state index is 0.0506. The largest absolute Gasteiger partial charge is 0.785 e. The summed E-state index contributed by atoms with van der Waals surface area (Å²) in [5.74, 6) is 0. The molecule has 2 nitrogen and oxygen atoms in total. The summed E-state index contributed by atoms with van der Waals surface area (Å²) >= 11 is 0. The van der Waals surface area contributed by atoms with Gasteiger partial charge in [0.05, 0.1) is 0 Å². The Hall–Kier alpha value is -0.0800. The molecule has 1 unspecified atom stereocenters. The Balaban J connectivity index is 4.41. The van der Waals surface area contributed by atoms with E-state index in [2.05, 4.69) is 20.8 Å². The van der Waals surface area contributed by atoms with Crippen LogP contribution in [-0.2, 0) is 0 Å². The van der Waals surface area contributed by atoms with E-state index in [1.807, 2.05) is 27.7 Å². The van der Waals surface area contributed by atoms with E-state index in [0.717, 1.165) is 0 Å². The highest BCUT2D eigenvalue weighted by atomic mass is 16.5. The van der Waals surface area contributed by atoms with Gasteiger partial charge in [-0.15, -0.1) is 0 Å². The fraction of sp³-hybridized carbons (Fsp3) is 1.00. The molecule has 0 aliphatic heterocycles. The van der Waals surface area contributed by atoms with Crippen LogP contribution in [0, 0.1) is 10.6 Å². The van der Waals surface area contributed by atoms with Crippen molar-refractivity contribution in [3.05, 3.63) is 5.21 Å². The summed E-state index contributed by atoms with van der Waals surface area (Å²) in [4.78, 5) is 0. The zero-order chi connectivity index (χ0) is 10.2. The number of nitrogens with zero attached hydrogens (tertiary/aromatic N) is 1. The van der Waals surface area contributed by atoms with Gasteiger partial charge in [0.25, 0.3) is 0 Å². The standard InChI is InChI=1S/C10H22NO/c1-8(9(2,3)4)11(12)10(5,6)7/h8H,1-7H3/q-1. The molecular formula is C10H22NO-. The van der Waals surface area contributed by atoms with Crippen LogP contribution in [0.25, 0.3) is 0 Å². The first kappa shape index (κ1) is 11.9. The fourth-order valence-electron chi connectivity index (χ4n) is 0.933. The first-order valence-electron chi connectivity index (χ1n) is 4.53. The second-order valence-electron chi connectivity index (χ2n) is 5.54. The van der Waals surface area contributed by atoms with Crippen LogP contribution >= 0.6 is 0 Å². The summed E-state index contributed by atoms with van der Waals surface area (Å²) in [5, 5.41) is 12.9. The van der Waals surface area contributed by atoms with Gasteiger partial charge in [0.1, 0.15) is 0 Å². The number of rotatable bonds is 1. The van der Waals surface area contributed by atoms with Gasteiger partial charge in [0.15, 0.2) is 0 Å². The number of hydroxylamine groups is 2. The summed E-state index contributed by atoms with van der Waals surface area (Å²) < 4.78 is 0. The van der Waals surface area contributed by atoms with Crippen LogP contribution < -0.4 is 0 Å². The molecule has 0 aromatic rings. The average molecular weight is 172 g/mol. The van der Waals surface area contributed by atoms with Crippen LogP contribution in [0.15, 0.2) is 0 Å². The molecular weight excluding hydrogens is 150 g/mol. The number of hydrogen-bond acceptors (Lipinski definition) is 2. The molecule has 0 spiro atoms. The highest BCUT2D eigenvalue weighted by molar-refractivity contribution is 4.87. The van der Waals surface area contributed by atoms with E-state index in [1.54, 1.807) is 0 Å². The van der Waals surface area contributed by atoms with E-state index in [9.17, 15) is 5.21 Å². The quantitative estimate of drug-likeness (QED) is 0.568. The molecule has 0 saturated carbocycles. The Bertz CT molecular complexity index is 123. The molecule has 74 valence electrons. The summed E-state index contributed by atoms with van der Waals surface area (Å²) in [6.07, 6.45) is 0. The fourth-order valence-corrected chi connectivity index (χ4v) is 0.933. The first-order chi connectivity index (χ1) is 5.07. The summed E-state index contributed by atoms with van der Waals surface area (Å²) in [5.41, 5.74) is -0.234. The Morgan fingerprint density at radius 1 is 1.00 bits per heavy atom. The predicted octanol–water partition coefficient (Wildman–Crippen LogP) is 3.02. The second-order valence-corrected chi connectivity index (χ2v) is 5.54. The lowest BCUT2D eigenvalue weighted by molar-refractivity contribution is 0.0818. The highest BCUT2D eigenvalue weighted by Crippen LogP contribution is 2.28. The van der Waals surface area contributed by atoms with Crippen molar-refractivity contribution in [1.29, 1.82) is 0 Å². The zero-order valence-electron chi connectivity index (χ0n) is 9.43. The molecule has 12 heavy (non-hydrogen) atoms. The van der Waals surface area contributed by atoms with Crippen LogP contribution in [0.5, 0.6) is 0 Å². The van der Waals surface area contributed by atoms with Crippen LogP contribution in [0.1, 0.15) is 48.5 Å². The lowest BCUT2D eigenvalue weighted by atomic mass is 9.86. The Morgan fingerprint density at radius 2 is 1.33 bits per heavy atom. The van der Waals surface area contributed by atoms with Crippen molar-refractivity contribution in [2.75, 3.05) is 0 Å². The zero-order valence-corrected chi connectivity index (χ0v) is 9.43. The topological polar surface area (TPSA) is 26.3 Å². The van der Waals surface area contributed by atoms with Crippen LogP contribution in [0.3, 0.4) is 0 Å². The average Bonchev–Trinajstić information content (AvgIpc) is 1.80. The van der Waals surface area contributed by atoms with Gasteiger partial charge in [-0.05, 0) is 39.2 Å². The third-order valence-corrected chi connectivity index (χ3v) is 2.27. The molecule has 0 bridgehead atoms. The van der Waals surface area contributed by atoms with E-state index >= 15 is 0 Å². The minimum atomic E-state index is -0.285. The maximum Gasteiger partial charge on any atom is 0.000628 e. The minimum Gasteiger partial charge on any atom is -0.785 e. The van der Waals surface area contributed by atoms with Crippen LogP contribution in [-0.4, -0.2) is 16.6 Å². The third kappa shape index (κ3) is 3.11. The van der Waals surface area contributed by atoms with E-state index in [4.69, 9.17) is 0 Å². The van der Waals surface area contributed by atoms with Gasteiger partial charge in [-0.2, -0.15) is 0 Å². The second kappa shape index (κ2) is 3.35. The van der Waals surface area contributed by atoms with E-state index in [1.165, 1.54) is 5.06 Å². The maximum absolute atomic E-state index is 11.7. The van der Waals surface area contributed by atoms with E-state index in [0.29, 0.717) is 0 Å². The number of hydrogen-bond donors (Lipinski definition) is 0.